The second-order valence-corrected chi connectivity index (χ2v) is 11.2. The van der Waals surface area contributed by atoms with Crippen molar-refractivity contribution in [2.75, 3.05) is 18.6 Å². The Morgan fingerprint density at radius 3 is 2.66 bits per heavy atom. The number of hydrogen-bond acceptors (Lipinski definition) is 10. The molecule has 1 aromatic carbocycles. The number of hydrogen-bond donors (Lipinski definition) is 2. The number of benzene rings is 1. The normalized spacial score (nSPS) is 19.1. The molecule has 1 fully saturated rings. The lowest BCUT2D eigenvalue weighted by molar-refractivity contribution is -0.152. The van der Waals surface area contributed by atoms with Crippen LogP contribution in [-0.4, -0.2) is 51.9 Å². The molecule has 5 rings (SSSR count). The number of nitrogens with two attached hydrogens (primary N) is 1. The fourth-order valence-corrected chi connectivity index (χ4v) is 6.84. The lowest BCUT2D eigenvalue weighted by Crippen LogP contribution is -2.70. The number of thiophene rings is 1. The molecule has 0 saturated carbocycles. The summed E-state index contributed by atoms with van der Waals surface area (Å²) in [6.45, 7) is 1.77. The van der Waals surface area contributed by atoms with Crippen LogP contribution < -0.4 is 15.8 Å². The molecule has 4 heterocycles. The van der Waals surface area contributed by atoms with Gasteiger partial charge in [-0.05, 0) is 47.0 Å². The molecular formula is C26H24N4O5S3. The van der Waals surface area contributed by atoms with Crippen molar-refractivity contribution >= 4 is 68.5 Å². The second-order valence-electron chi connectivity index (χ2n) is 8.40. The van der Waals surface area contributed by atoms with Crippen molar-refractivity contribution in [3.63, 3.8) is 0 Å². The Morgan fingerprint density at radius 2 is 2.03 bits per heavy atom. The summed E-state index contributed by atoms with van der Waals surface area (Å²) in [7, 11) is 1.58. The van der Waals surface area contributed by atoms with Crippen LogP contribution in [-0.2, 0) is 25.7 Å². The maximum atomic E-state index is 13.4. The van der Waals surface area contributed by atoms with E-state index in [9.17, 15) is 14.4 Å². The molecule has 0 bridgehead atoms. The molecule has 1 saturated heterocycles. The minimum atomic E-state index is -0.785. The quantitative estimate of drug-likeness (QED) is 0.239. The molecule has 3 aromatic rings. The Kier molecular flexibility index (Phi) is 7.54. The number of esters is 1. The summed E-state index contributed by atoms with van der Waals surface area (Å²) >= 11 is 4.24. The summed E-state index contributed by atoms with van der Waals surface area (Å²) in [5, 5.41) is 8.29. The first-order valence-electron chi connectivity index (χ1n) is 11.6. The zero-order valence-electron chi connectivity index (χ0n) is 20.5. The third-order valence-electron chi connectivity index (χ3n) is 6.18. The van der Waals surface area contributed by atoms with Crippen LogP contribution in [0.4, 0.5) is 5.13 Å². The third kappa shape index (κ3) is 4.94. The highest BCUT2D eigenvalue weighted by molar-refractivity contribution is 8.00. The maximum absolute atomic E-state index is 13.4. The Hall–Kier alpha value is -3.61. The highest BCUT2D eigenvalue weighted by Crippen LogP contribution is 2.44. The number of β-lactam (4-membered cyclic amide) rings is 1. The molecule has 0 unspecified atom stereocenters. The van der Waals surface area contributed by atoms with Gasteiger partial charge in [-0.1, -0.05) is 18.2 Å². The molecule has 2 atom stereocenters. The summed E-state index contributed by atoms with van der Waals surface area (Å²) in [6, 6.07) is 8.34. The molecule has 2 aromatic heterocycles. The first kappa shape index (κ1) is 26.0. The largest absolute Gasteiger partial charge is 0.497 e. The van der Waals surface area contributed by atoms with E-state index in [2.05, 4.69) is 10.3 Å². The third-order valence-corrected chi connectivity index (χ3v) is 8.82. The summed E-state index contributed by atoms with van der Waals surface area (Å²) in [5.41, 5.74) is 9.12. The second kappa shape index (κ2) is 11.0. The van der Waals surface area contributed by atoms with Crippen molar-refractivity contribution in [3.8, 4) is 5.75 Å². The van der Waals surface area contributed by atoms with Crippen molar-refractivity contribution in [1.82, 2.24) is 15.2 Å². The van der Waals surface area contributed by atoms with E-state index < -0.39 is 23.3 Å². The van der Waals surface area contributed by atoms with Gasteiger partial charge in [0.25, 0.3) is 11.8 Å². The van der Waals surface area contributed by atoms with Gasteiger partial charge in [-0.15, -0.1) is 23.1 Å². The number of thioether (sulfide) groups is 1. The number of thiazole rings is 1. The average molecular weight is 569 g/mol. The first-order chi connectivity index (χ1) is 18.4. The smallest absolute Gasteiger partial charge is 0.355 e. The Labute approximate surface area is 231 Å². The number of ether oxygens (including phenoxy) is 2. The van der Waals surface area contributed by atoms with Crippen LogP contribution in [0.25, 0.3) is 11.1 Å². The van der Waals surface area contributed by atoms with E-state index in [1.807, 2.05) is 29.0 Å². The predicted molar refractivity (Wildman–Crippen MR) is 149 cm³/mol. The van der Waals surface area contributed by atoms with E-state index in [1.54, 1.807) is 37.6 Å². The molecule has 3 N–H and O–H groups in total. The first-order valence-corrected chi connectivity index (χ1v) is 14.5. The summed E-state index contributed by atoms with van der Waals surface area (Å²) in [6.07, 6.45) is 1.63. The molecule has 2 aliphatic rings. The van der Waals surface area contributed by atoms with Gasteiger partial charge in [0, 0.05) is 16.7 Å². The SMILES string of the molecule is C/C=C(\C(=O)N[C@@H]1C(=O)N2C(C(=O)OCc3ccc(OC)cc3)=C(c3ccsc3)CS[C@@H]12)c1csc(N)n1. The van der Waals surface area contributed by atoms with E-state index in [0.29, 0.717) is 27.9 Å². The van der Waals surface area contributed by atoms with Gasteiger partial charge in [0.1, 0.15) is 29.5 Å². The van der Waals surface area contributed by atoms with Crippen molar-refractivity contribution < 1.29 is 23.9 Å². The number of aromatic nitrogens is 1. The highest BCUT2D eigenvalue weighted by Gasteiger charge is 2.54. The number of nitrogen functional groups attached to an aromatic ring is 1. The van der Waals surface area contributed by atoms with Crippen LogP contribution in [0.2, 0.25) is 0 Å². The van der Waals surface area contributed by atoms with Gasteiger partial charge < -0.3 is 20.5 Å². The number of rotatable bonds is 8. The number of methoxy groups -OCH3 is 1. The maximum Gasteiger partial charge on any atom is 0.355 e. The zero-order chi connectivity index (χ0) is 26.8. The van der Waals surface area contributed by atoms with Crippen molar-refractivity contribution in [2.45, 2.75) is 24.9 Å². The molecule has 12 heteroatoms. The Morgan fingerprint density at radius 1 is 1.24 bits per heavy atom. The fourth-order valence-electron chi connectivity index (χ4n) is 4.23. The molecule has 0 aliphatic carbocycles. The van der Waals surface area contributed by atoms with Gasteiger partial charge in [-0.25, -0.2) is 9.78 Å². The number of allylic oxidation sites excluding steroid dienone is 1. The molecule has 196 valence electrons. The van der Waals surface area contributed by atoms with E-state index in [0.717, 1.165) is 16.7 Å². The fraction of sp³-hybridized carbons (Fsp3) is 0.231. The lowest BCUT2D eigenvalue weighted by Gasteiger charge is -2.49. The molecule has 2 aliphatic heterocycles. The number of fused-ring (bicyclic) bond motifs is 1. The molecule has 0 spiro atoms. The van der Waals surface area contributed by atoms with Gasteiger partial charge in [0.15, 0.2) is 5.13 Å². The number of carbonyl (C=O) groups excluding carboxylic acids is 3. The number of anilines is 1. The van der Waals surface area contributed by atoms with Crippen LogP contribution in [0.15, 0.2) is 58.2 Å². The van der Waals surface area contributed by atoms with Crippen molar-refractivity contribution in [3.05, 3.63) is 75.1 Å². The van der Waals surface area contributed by atoms with Crippen molar-refractivity contribution in [2.24, 2.45) is 0 Å². The van der Waals surface area contributed by atoms with E-state index in [1.165, 1.54) is 39.3 Å². The standard InChI is InChI=1S/C26H24N4O5S3/c1-3-17(19-13-38-26(27)28-19)22(31)29-20-23(32)30-21(18(12-37-24(20)30)15-8-9-36-11-15)25(33)35-10-14-4-6-16(34-2)7-5-14/h3-9,11,13,20,24H,10,12H2,1-2H3,(H2,27,28)(H,29,31)/b17-3-/t20-,24+/m1/s1. The Bertz CT molecular complexity index is 1430. The number of nitrogens with zero attached hydrogens (tertiary/aromatic N) is 2. The number of carbonyl (C=O) groups is 3. The monoisotopic (exact) mass is 568 g/mol. The summed E-state index contributed by atoms with van der Waals surface area (Å²) < 4.78 is 10.8. The van der Waals surface area contributed by atoms with E-state index in [4.69, 9.17) is 15.2 Å². The Balaban J connectivity index is 1.35. The van der Waals surface area contributed by atoms with Crippen LogP contribution in [0, 0.1) is 0 Å². The molecule has 0 radical (unpaired) electrons. The summed E-state index contributed by atoms with van der Waals surface area (Å²) in [4.78, 5) is 45.4. The van der Waals surface area contributed by atoms with E-state index in [-0.39, 0.29) is 18.2 Å². The van der Waals surface area contributed by atoms with Gasteiger partial charge in [0.05, 0.1) is 18.4 Å². The van der Waals surface area contributed by atoms with Crippen LogP contribution >= 0.6 is 34.4 Å². The topological polar surface area (TPSA) is 124 Å². The van der Waals surface area contributed by atoms with Gasteiger partial charge in [0.2, 0.25) is 0 Å². The number of nitrogens with one attached hydrogen (secondary N) is 1. The van der Waals surface area contributed by atoms with E-state index >= 15 is 0 Å². The zero-order valence-corrected chi connectivity index (χ0v) is 23.0. The molecule has 38 heavy (non-hydrogen) atoms. The summed E-state index contributed by atoms with van der Waals surface area (Å²) in [5.74, 6) is -0.185. The van der Waals surface area contributed by atoms with Gasteiger partial charge >= 0.3 is 5.97 Å². The lowest BCUT2D eigenvalue weighted by atomic mass is 9.99. The predicted octanol–water partition coefficient (Wildman–Crippen LogP) is 3.75. The number of amides is 2. The van der Waals surface area contributed by atoms with Crippen LogP contribution in [0.1, 0.15) is 23.7 Å². The molecule has 2 amide bonds. The minimum absolute atomic E-state index is 0.0463. The minimum Gasteiger partial charge on any atom is -0.497 e. The van der Waals surface area contributed by atoms with Gasteiger partial charge in [-0.3, -0.25) is 14.5 Å². The average Bonchev–Trinajstić information content (AvgIpc) is 3.62. The van der Waals surface area contributed by atoms with Crippen LogP contribution in [0.3, 0.4) is 0 Å². The van der Waals surface area contributed by atoms with Crippen LogP contribution in [0.5, 0.6) is 5.75 Å². The molecule has 9 nitrogen and oxygen atoms in total. The highest BCUT2D eigenvalue weighted by atomic mass is 32.2. The molecular weight excluding hydrogens is 545 g/mol. The van der Waals surface area contributed by atoms with Gasteiger partial charge in [-0.2, -0.15) is 11.3 Å². The van der Waals surface area contributed by atoms with Crippen molar-refractivity contribution in [1.29, 1.82) is 0 Å².